The van der Waals surface area contributed by atoms with Crippen molar-refractivity contribution in [3.8, 4) is 22.2 Å². The van der Waals surface area contributed by atoms with Crippen LogP contribution in [0.5, 0.6) is 11.5 Å². The number of hydrogen-bond donors (Lipinski definition) is 3. The first-order valence-corrected chi connectivity index (χ1v) is 15.9. The van der Waals surface area contributed by atoms with Gasteiger partial charge in [-0.25, -0.2) is 23.9 Å². The number of benzene rings is 1. The normalized spacial score (nSPS) is 23.1. The summed E-state index contributed by atoms with van der Waals surface area (Å²) in [6, 6.07) is 3.28. The van der Waals surface area contributed by atoms with Crippen molar-refractivity contribution in [1.82, 2.24) is 25.5 Å². The van der Waals surface area contributed by atoms with Crippen LogP contribution in [-0.4, -0.2) is 76.8 Å². The molecule has 1 aliphatic heterocycles. The number of rotatable bonds is 8. The Labute approximate surface area is 264 Å². The highest BCUT2D eigenvalue weighted by Crippen LogP contribution is 2.45. The molecule has 240 valence electrons. The molecule has 0 saturated heterocycles. The molecule has 1 aromatic carbocycles. The number of pyridine rings is 1. The maximum atomic E-state index is 15.4. The van der Waals surface area contributed by atoms with Gasteiger partial charge in [0.1, 0.15) is 33.5 Å². The van der Waals surface area contributed by atoms with E-state index in [-0.39, 0.29) is 42.6 Å². The Balaban J connectivity index is 1.42. The average molecular weight is 640 g/mol. The lowest BCUT2D eigenvalue weighted by Crippen LogP contribution is -2.55. The first-order valence-electron chi connectivity index (χ1n) is 15.0. The number of ether oxygens (including phenoxy) is 2. The summed E-state index contributed by atoms with van der Waals surface area (Å²) in [5.74, 6) is -2.16. The minimum atomic E-state index is -1.41. The lowest BCUT2D eigenvalue weighted by atomic mass is 10.1. The van der Waals surface area contributed by atoms with E-state index < -0.39 is 35.3 Å². The van der Waals surface area contributed by atoms with Gasteiger partial charge in [-0.15, -0.1) is 11.3 Å². The number of halogens is 1. The van der Waals surface area contributed by atoms with Crippen LogP contribution in [0.15, 0.2) is 35.7 Å². The van der Waals surface area contributed by atoms with Gasteiger partial charge in [-0.3, -0.25) is 4.79 Å². The Bertz CT molecular complexity index is 1630. The zero-order valence-corrected chi connectivity index (χ0v) is 26.6. The minimum Gasteiger partial charge on any atom is -0.494 e. The van der Waals surface area contributed by atoms with E-state index in [4.69, 9.17) is 9.47 Å². The molecule has 1 saturated carbocycles. The second-order valence-corrected chi connectivity index (χ2v) is 12.6. The van der Waals surface area contributed by atoms with Crippen molar-refractivity contribution in [2.24, 2.45) is 5.92 Å². The number of urea groups is 1. The third kappa shape index (κ3) is 6.87. The molecule has 5 rings (SSSR count). The van der Waals surface area contributed by atoms with E-state index in [1.54, 1.807) is 19.2 Å². The summed E-state index contributed by atoms with van der Waals surface area (Å²) in [7, 11) is 3.02. The van der Waals surface area contributed by atoms with Crippen LogP contribution in [-0.2, 0) is 9.59 Å². The molecule has 3 atom stereocenters. The van der Waals surface area contributed by atoms with Crippen molar-refractivity contribution < 1.29 is 33.4 Å². The summed E-state index contributed by atoms with van der Waals surface area (Å²) in [6.07, 6.45) is 6.47. The monoisotopic (exact) mass is 639 g/mol. The molecule has 3 N–H and O–H groups in total. The van der Waals surface area contributed by atoms with Crippen LogP contribution in [0.2, 0.25) is 0 Å². The van der Waals surface area contributed by atoms with Crippen molar-refractivity contribution >= 4 is 40.1 Å². The van der Waals surface area contributed by atoms with Gasteiger partial charge in [0, 0.05) is 42.8 Å². The van der Waals surface area contributed by atoms with Gasteiger partial charge in [-0.1, -0.05) is 26.0 Å². The molecular weight excluding hydrogens is 601 g/mol. The predicted molar refractivity (Wildman–Crippen MR) is 168 cm³/mol. The van der Waals surface area contributed by atoms with E-state index in [0.717, 1.165) is 25.0 Å². The van der Waals surface area contributed by atoms with Crippen molar-refractivity contribution in [3.63, 3.8) is 0 Å². The summed E-state index contributed by atoms with van der Waals surface area (Å²) in [5.41, 5.74) is -0.0602. The number of carboxylic acids is 1. The molecule has 0 unspecified atom stereocenters. The van der Waals surface area contributed by atoms with Gasteiger partial charge in [0.25, 0.3) is 0 Å². The summed E-state index contributed by atoms with van der Waals surface area (Å²) >= 11 is 1.39. The molecule has 3 amide bonds. The van der Waals surface area contributed by atoms with Crippen molar-refractivity contribution in [2.75, 3.05) is 27.3 Å². The molecule has 45 heavy (non-hydrogen) atoms. The van der Waals surface area contributed by atoms with Crippen molar-refractivity contribution in [2.45, 2.75) is 63.5 Å². The third-order valence-electron chi connectivity index (χ3n) is 8.25. The number of aromatic nitrogens is 2. The standard InChI is InChI=1S/C32H38FN5O6S/c1-18(2)23-17-45-29(35-23)22-15-25(20-10-11-24(43-4)26(33)27(20)34-22)44-14-12-21-28(39)37-32(30(40)41)16-19(32)9-7-5-6-8-13-38(3)31(42)36-21/h7,9-11,15,17-19,21H,5-6,8,12-14,16H2,1-4H3,(H,36,42)(H,37,39)(H,40,41)/b9-7-/t19-,21+,32-/m1/s1. The molecule has 2 aliphatic rings. The number of carboxylic acid groups (broad SMARTS) is 1. The number of carbonyl (C=O) groups is 3. The highest BCUT2D eigenvalue weighted by atomic mass is 32.1. The van der Waals surface area contributed by atoms with E-state index in [2.05, 4.69) is 20.6 Å². The maximum Gasteiger partial charge on any atom is 0.330 e. The molecule has 11 nitrogen and oxygen atoms in total. The molecule has 2 aromatic heterocycles. The van der Waals surface area contributed by atoms with E-state index in [1.165, 1.54) is 29.4 Å². The van der Waals surface area contributed by atoms with Crippen molar-refractivity contribution in [1.29, 1.82) is 0 Å². The summed E-state index contributed by atoms with van der Waals surface area (Å²) in [5, 5.41) is 18.3. The Kier molecular flexibility index (Phi) is 9.56. The molecule has 13 heteroatoms. The lowest BCUT2D eigenvalue weighted by molar-refractivity contribution is -0.143. The molecule has 0 bridgehead atoms. The first kappa shape index (κ1) is 32.1. The molecule has 1 aliphatic carbocycles. The van der Waals surface area contributed by atoms with Gasteiger partial charge in [-0.2, -0.15) is 0 Å². The molecule has 3 heterocycles. The number of hydrogen-bond acceptors (Lipinski definition) is 8. The van der Waals surface area contributed by atoms with E-state index >= 15 is 4.39 Å². The van der Waals surface area contributed by atoms with E-state index in [9.17, 15) is 19.5 Å². The number of nitrogens with zero attached hydrogens (tertiary/aromatic N) is 3. The fourth-order valence-corrected chi connectivity index (χ4v) is 6.26. The Morgan fingerprint density at radius 2 is 2.04 bits per heavy atom. The van der Waals surface area contributed by atoms with Gasteiger partial charge in [0.15, 0.2) is 11.6 Å². The van der Waals surface area contributed by atoms with Crippen molar-refractivity contribution in [3.05, 3.63) is 47.2 Å². The van der Waals surface area contributed by atoms with E-state index in [1.807, 2.05) is 31.4 Å². The van der Waals surface area contributed by atoms with Crippen LogP contribution < -0.4 is 20.1 Å². The minimum absolute atomic E-state index is 0.0220. The number of carbonyl (C=O) groups excluding carboxylic acids is 2. The highest BCUT2D eigenvalue weighted by molar-refractivity contribution is 7.13. The highest BCUT2D eigenvalue weighted by Gasteiger charge is 2.60. The van der Waals surface area contributed by atoms with Gasteiger partial charge in [0.2, 0.25) is 5.91 Å². The topological polar surface area (TPSA) is 143 Å². The average Bonchev–Trinajstić information content (AvgIpc) is 3.47. The zero-order chi connectivity index (χ0) is 32.3. The van der Waals surface area contributed by atoms with Gasteiger partial charge in [-0.05, 0) is 43.7 Å². The molecule has 1 fully saturated rings. The Hall–Kier alpha value is -4.26. The van der Waals surface area contributed by atoms with Crippen LogP contribution in [0.1, 0.15) is 57.6 Å². The zero-order valence-electron chi connectivity index (χ0n) is 25.8. The summed E-state index contributed by atoms with van der Waals surface area (Å²) in [4.78, 5) is 49.4. The number of amides is 3. The van der Waals surface area contributed by atoms with Gasteiger partial charge in [0.05, 0.1) is 19.4 Å². The first-order chi connectivity index (χ1) is 21.5. The fourth-order valence-electron chi connectivity index (χ4n) is 5.32. The number of allylic oxidation sites excluding steroid dienone is 1. The van der Waals surface area contributed by atoms with Crippen LogP contribution in [0, 0.1) is 11.7 Å². The SMILES string of the molecule is COc1ccc2c(OCC[C@@H]3NC(=O)N(C)CCCC/C=C\[C@@H]4C[C@@]4(C(=O)O)NC3=O)cc(-c3nc(C(C)C)cs3)nc2c1F. The number of methoxy groups -OCH3 is 1. The maximum absolute atomic E-state index is 15.4. The lowest BCUT2D eigenvalue weighted by Gasteiger charge is -2.25. The molecule has 0 radical (unpaired) electrons. The molecular formula is C32H38FN5O6S. The number of thiazole rings is 1. The van der Waals surface area contributed by atoms with Crippen LogP contribution in [0.3, 0.4) is 0 Å². The van der Waals surface area contributed by atoms with Gasteiger partial charge < -0.3 is 30.1 Å². The summed E-state index contributed by atoms with van der Waals surface area (Å²) < 4.78 is 26.7. The number of nitrogens with one attached hydrogen (secondary N) is 2. The Morgan fingerprint density at radius 3 is 2.76 bits per heavy atom. The predicted octanol–water partition coefficient (Wildman–Crippen LogP) is 5.11. The van der Waals surface area contributed by atoms with E-state index in [0.29, 0.717) is 28.4 Å². The fraction of sp³-hybridized carbons (Fsp3) is 0.469. The van der Waals surface area contributed by atoms with Gasteiger partial charge >= 0.3 is 12.0 Å². The Morgan fingerprint density at radius 1 is 1.24 bits per heavy atom. The second kappa shape index (κ2) is 13.4. The smallest absolute Gasteiger partial charge is 0.330 e. The van der Waals surface area contributed by atoms with Crippen LogP contribution in [0.25, 0.3) is 21.6 Å². The third-order valence-corrected chi connectivity index (χ3v) is 9.13. The van der Waals surface area contributed by atoms with Crippen LogP contribution in [0.4, 0.5) is 9.18 Å². The molecule has 3 aromatic rings. The quantitative estimate of drug-likeness (QED) is 0.289. The largest absolute Gasteiger partial charge is 0.494 e. The number of fused-ring (bicyclic) bond motifs is 2. The van der Waals surface area contributed by atoms with Crippen LogP contribution >= 0.6 is 11.3 Å². The number of aliphatic carboxylic acids is 1. The second-order valence-electron chi connectivity index (χ2n) is 11.8. The summed E-state index contributed by atoms with van der Waals surface area (Å²) in [6.45, 7) is 4.51. The molecule has 0 spiro atoms.